The predicted octanol–water partition coefficient (Wildman–Crippen LogP) is 4.87. The molecule has 8 heteroatoms. The summed E-state index contributed by atoms with van der Waals surface area (Å²) in [5, 5.41) is 0. The van der Waals surface area contributed by atoms with Gasteiger partial charge in [0.1, 0.15) is 5.75 Å². The number of fused-ring (bicyclic) bond motifs is 2. The molecular weight excluding hydrogens is 526 g/mol. The van der Waals surface area contributed by atoms with Crippen molar-refractivity contribution < 1.29 is 19.1 Å². The molecule has 3 aromatic carbocycles. The Labute approximate surface area is 242 Å². The Morgan fingerprint density at radius 1 is 0.875 bits per heavy atom. The lowest BCUT2D eigenvalue weighted by molar-refractivity contribution is 0.0193. The molecule has 0 spiro atoms. The number of morpholine rings is 1. The fraction of sp³-hybridized carbons (Fsp3) is 0.375. The largest absolute Gasteiger partial charge is 0.415 e. The molecule has 0 N–H and O–H groups in total. The summed E-state index contributed by atoms with van der Waals surface area (Å²) in [5.41, 5.74) is 6.52. The van der Waals surface area contributed by atoms with E-state index < -0.39 is 0 Å². The minimum atomic E-state index is -0.362. The van der Waals surface area contributed by atoms with E-state index in [1.54, 1.807) is 4.90 Å². The molecule has 210 valence electrons. The summed E-state index contributed by atoms with van der Waals surface area (Å²) in [6, 6.07) is 22.0. The number of hydrogen-bond donors (Lipinski definition) is 0. The lowest BCUT2D eigenvalue weighted by atomic mass is 9.92. The molecule has 0 bridgehead atoms. The van der Waals surface area contributed by atoms with E-state index in [0.29, 0.717) is 30.9 Å². The maximum Gasteiger partial charge on any atom is 0.415 e. The Morgan fingerprint density at radius 2 is 1.62 bits per heavy atom. The van der Waals surface area contributed by atoms with E-state index in [4.69, 9.17) is 9.47 Å². The first-order chi connectivity index (χ1) is 19.0. The van der Waals surface area contributed by atoms with E-state index in [0.717, 1.165) is 56.8 Å². The van der Waals surface area contributed by atoms with Gasteiger partial charge in [-0.2, -0.15) is 0 Å². The highest BCUT2D eigenvalue weighted by Gasteiger charge is 2.33. The first kappa shape index (κ1) is 28.1. The Kier molecular flexibility index (Phi) is 8.74. The van der Waals surface area contributed by atoms with Crippen molar-refractivity contribution in [2.24, 2.45) is 0 Å². The quantitative estimate of drug-likeness (QED) is 0.455. The van der Waals surface area contributed by atoms with Crippen LogP contribution in [0, 0.1) is 6.92 Å². The van der Waals surface area contributed by atoms with Gasteiger partial charge in [-0.15, -0.1) is 12.4 Å². The van der Waals surface area contributed by atoms with Crippen LogP contribution in [-0.4, -0.2) is 72.1 Å². The number of aryl methyl sites for hydroxylation is 1. The van der Waals surface area contributed by atoms with Gasteiger partial charge in [0.15, 0.2) is 0 Å². The molecule has 0 radical (unpaired) electrons. The van der Waals surface area contributed by atoms with Gasteiger partial charge in [-0.25, -0.2) is 4.79 Å². The number of halogens is 1. The molecular formula is C32H36ClN3O4. The Bertz CT molecular complexity index is 1360. The number of carbonyl (C=O) groups excluding carboxylic acids is 2. The minimum Gasteiger partial charge on any atom is -0.410 e. The number of benzene rings is 3. The zero-order chi connectivity index (χ0) is 26.8. The molecule has 3 heterocycles. The molecule has 0 saturated carbocycles. The molecule has 0 aliphatic carbocycles. The van der Waals surface area contributed by atoms with Crippen molar-refractivity contribution in [3.05, 3.63) is 100 Å². The molecule has 0 aromatic heterocycles. The summed E-state index contributed by atoms with van der Waals surface area (Å²) in [6.07, 6.45) is 1.23. The topological polar surface area (TPSA) is 62.3 Å². The highest BCUT2D eigenvalue weighted by molar-refractivity contribution is 5.95. The molecule has 1 saturated heterocycles. The summed E-state index contributed by atoms with van der Waals surface area (Å²) >= 11 is 0. The Balaban J connectivity index is 0.00000323. The molecule has 1 fully saturated rings. The summed E-state index contributed by atoms with van der Waals surface area (Å²) in [7, 11) is 0. The van der Waals surface area contributed by atoms with E-state index in [2.05, 4.69) is 29.2 Å². The van der Waals surface area contributed by atoms with Crippen molar-refractivity contribution in [3.8, 4) is 5.75 Å². The maximum absolute atomic E-state index is 14.0. The van der Waals surface area contributed by atoms with Crippen LogP contribution < -0.4 is 4.74 Å². The van der Waals surface area contributed by atoms with Crippen molar-refractivity contribution in [2.45, 2.75) is 38.9 Å². The van der Waals surface area contributed by atoms with E-state index >= 15 is 0 Å². The second-order valence-corrected chi connectivity index (χ2v) is 10.8. The van der Waals surface area contributed by atoms with Crippen LogP contribution in [0.4, 0.5) is 4.79 Å². The number of ether oxygens (including phenoxy) is 2. The average Bonchev–Trinajstić information content (AvgIpc) is 2.97. The second kappa shape index (κ2) is 12.4. The first-order valence-corrected chi connectivity index (χ1v) is 13.9. The van der Waals surface area contributed by atoms with Gasteiger partial charge in [0.2, 0.25) is 0 Å². The van der Waals surface area contributed by atoms with E-state index in [-0.39, 0.29) is 30.4 Å². The fourth-order valence-corrected chi connectivity index (χ4v) is 5.85. The van der Waals surface area contributed by atoms with E-state index in [9.17, 15) is 9.59 Å². The molecule has 3 aromatic rings. The van der Waals surface area contributed by atoms with Crippen LogP contribution in [-0.2, 0) is 30.7 Å². The first-order valence-electron chi connectivity index (χ1n) is 13.9. The normalized spacial score (nSPS) is 18.8. The Hall–Kier alpha value is -3.39. The number of carbonyl (C=O) groups is 2. The third kappa shape index (κ3) is 6.17. The van der Waals surface area contributed by atoms with Gasteiger partial charge in [-0.3, -0.25) is 9.69 Å². The molecule has 3 aliphatic rings. The molecule has 6 rings (SSSR count). The Morgan fingerprint density at radius 3 is 2.40 bits per heavy atom. The zero-order valence-corrected chi connectivity index (χ0v) is 23.7. The van der Waals surface area contributed by atoms with E-state index in [1.807, 2.05) is 54.3 Å². The smallest absolute Gasteiger partial charge is 0.410 e. The van der Waals surface area contributed by atoms with Gasteiger partial charge >= 0.3 is 6.09 Å². The highest BCUT2D eigenvalue weighted by Crippen LogP contribution is 2.28. The third-order valence-electron chi connectivity index (χ3n) is 8.14. The van der Waals surface area contributed by atoms with Crippen LogP contribution in [0.15, 0.2) is 66.7 Å². The van der Waals surface area contributed by atoms with Gasteiger partial charge in [0.25, 0.3) is 5.91 Å². The molecule has 40 heavy (non-hydrogen) atoms. The van der Waals surface area contributed by atoms with Crippen LogP contribution >= 0.6 is 12.4 Å². The van der Waals surface area contributed by atoms with Gasteiger partial charge < -0.3 is 19.3 Å². The van der Waals surface area contributed by atoms with Gasteiger partial charge in [-0.05, 0) is 66.3 Å². The molecule has 7 nitrogen and oxygen atoms in total. The number of hydrogen-bond acceptors (Lipinski definition) is 5. The van der Waals surface area contributed by atoms with Gasteiger partial charge in [0, 0.05) is 50.9 Å². The number of amides is 2. The van der Waals surface area contributed by atoms with Crippen LogP contribution in [0.3, 0.4) is 0 Å². The highest BCUT2D eigenvalue weighted by atomic mass is 35.5. The lowest BCUT2D eigenvalue weighted by Gasteiger charge is -2.40. The summed E-state index contributed by atoms with van der Waals surface area (Å²) < 4.78 is 11.2. The van der Waals surface area contributed by atoms with Crippen molar-refractivity contribution in [3.63, 3.8) is 0 Å². The van der Waals surface area contributed by atoms with Crippen molar-refractivity contribution in [1.29, 1.82) is 0 Å². The van der Waals surface area contributed by atoms with Crippen molar-refractivity contribution in [1.82, 2.24) is 14.7 Å². The molecule has 2 amide bonds. The van der Waals surface area contributed by atoms with Gasteiger partial charge in [0.05, 0.1) is 13.2 Å². The van der Waals surface area contributed by atoms with E-state index in [1.165, 1.54) is 16.7 Å². The summed E-state index contributed by atoms with van der Waals surface area (Å²) in [6.45, 7) is 7.75. The predicted molar refractivity (Wildman–Crippen MR) is 156 cm³/mol. The minimum absolute atomic E-state index is 0. The maximum atomic E-state index is 14.0. The second-order valence-electron chi connectivity index (χ2n) is 10.8. The van der Waals surface area contributed by atoms with Crippen LogP contribution in [0.2, 0.25) is 0 Å². The zero-order valence-electron chi connectivity index (χ0n) is 22.9. The summed E-state index contributed by atoms with van der Waals surface area (Å²) in [4.78, 5) is 33.1. The van der Waals surface area contributed by atoms with Crippen LogP contribution in [0.1, 0.15) is 38.2 Å². The standard InChI is InChI=1S/C32H35N3O4.ClH/c1-23-6-10-30(11-7-23)39-32(37)34-13-12-24-8-9-26(18-28(24)20-34)31(36)35-21-27-5-3-2-4-25(27)19-29(35)22-33-14-16-38-17-15-33;/h2-11,18,29H,12-17,19-22H2,1H3;1H/t29-;/m0./s1. The van der Waals surface area contributed by atoms with Crippen molar-refractivity contribution >= 4 is 24.4 Å². The fourth-order valence-electron chi connectivity index (χ4n) is 5.85. The molecule has 1 atom stereocenters. The van der Waals surface area contributed by atoms with Crippen molar-refractivity contribution in [2.75, 3.05) is 39.4 Å². The summed E-state index contributed by atoms with van der Waals surface area (Å²) in [5.74, 6) is 0.585. The number of nitrogens with zero attached hydrogens (tertiary/aromatic N) is 3. The third-order valence-corrected chi connectivity index (χ3v) is 8.14. The van der Waals surface area contributed by atoms with Gasteiger partial charge in [-0.1, -0.05) is 48.0 Å². The number of rotatable bonds is 4. The lowest BCUT2D eigenvalue weighted by Crippen LogP contribution is -2.52. The van der Waals surface area contributed by atoms with Crippen LogP contribution in [0.25, 0.3) is 0 Å². The monoisotopic (exact) mass is 561 g/mol. The molecule has 3 aliphatic heterocycles. The van der Waals surface area contributed by atoms with Crippen LogP contribution in [0.5, 0.6) is 5.75 Å². The molecule has 0 unspecified atom stereocenters. The SMILES string of the molecule is Cc1ccc(OC(=O)N2CCc3ccc(C(=O)N4Cc5ccccc5C[C@H]4CN4CCOCC4)cc3C2)cc1.Cl. The average molecular weight is 562 g/mol.